The van der Waals surface area contributed by atoms with E-state index < -0.39 is 34.4 Å². The van der Waals surface area contributed by atoms with Crippen molar-refractivity contribution in [1.29, 1.82) is 0 Å². The molecule has 0 bridgehead atoms. The number of urea groups is 1. The van der Waals surface area contributed by atoms with Crippen LogP contribution < -0.4 is 11.1 Å². The number of carbonyl (C=O) groups excluding carboxylic acids is 1. The molecule has 0 aromatic rings. The van der Waals surface area contributed by atoms with Crippen LogP contribution in [0.3, 0.4) is 0 Å². The molecular weight excluding hydrogens is 274 g/mol. The summed E-state index contributed by atoms with van der Waals surface area (Å²) in [5.74, 6) is -1.35. The summed E-state index contributed by atoms with van der Waals surface area (Å²) in [6.45, 7) is 0.247. The minimum atomic E-state index is -3.17. The van der Waals surface area contributed by atoms with Gasteiger partial charge in [-0.05, 0) is 19.4 Å². The summed E-state index contributed by atoms with van der Waals surface area (Å²) in [7, 11) is -3.17. The van der Waals surface area contributed by atoms with Crippen molar-refractivity contribution in [1.82, 2.24) is 10.2 Å². The number of carbonyl (C=O) groups is 2. The number of amides is 2. The highest BCUT2D eigenvalue weighted by atomic mass is 32.2. The van der Waals surface area contributed by atoms with E-state index >= 15 is 0 Å². The topological polar surface area (TPSA) is 130 Å². The van der Waals surface area contributed by atoms with Crippen LogP contribution in [0.15, 0.2) is 0 Å². The summed E-state index contributed by atoms with van der Waals surface area (Å²) in [6, 6.07) is -1.13. The van der Waals surface area contributed by atoms with Gasteiger partial charge in [-0.2, -0.15) is 0 Å². The average molecular weight is 293 g/mol. The van der Waals surface area contributed by atoms with Crippen LogP contribution in [-0.4, -0.2) is 67.6 Å². The quantitative estimate of drug-likeness (QED) is 0.517. The third-order valence-corrected chi connectivity index (χ3v) is 4.62. The molecule has 0 radical (unpaired) electrons. The van der Waals surface area contributed by atoms with E-state index in [2.05, 4.69) is 5.32 Å². The van der Waals surface area contributed by atoms with Crippen LogP contribution >= 0.6 is 0 Å². The fourth-order valence-corrected chi connectivity index (χ4v) is 3.66. The minimum Gasteiger partial charge on any atom is -0.480 e. The second-order valence-electron chi connectivity index (χ2n) is 4.45. The number of nitrogens with one attached hydrogen (secondary N) is 1. The molecule has 1 unspecified atom stereocenters. The Labute approximate surface area is 111 Å². The summed E-state index contributed by atoms with van der Waals surface area (Å²) in [6.07, 6.45) is 0.857. The van der Waals surface area contributed by atoms with E-state index in [1.165, 1.54) is 0 Å². The number of hydrogen-bond donors (Lipinski definition) is 3. The van der Waals surface area contributed by atoms with Gasteiger partial charge in [-0.15, -0.1) is 0 Å². The van der Waals surface area contributed by atoms with E-state index in [0.717, 1.165) is 4.90 Å². The Bertz CT molecular complexity index is 436. The molecule has 1 atom stereocenters. The van der Waals surface area contributed by atoms with Crippen LogP contribution in [0, 0.1) is 0 Å². The molecule has 1 heterocycles. The molecule has 0 saturated carbocycles. The maximum absolute atomic E-state index is 11.9. The highest BCUT2D eigenvalue weighted by Crippen LogP contribution is 2.17. The molecule has 1 fully saturated rings. The number of sulfone groups is 1. The number of nitrogens with two attached hydrogens (primary N) is 1. The molecule has 0 aromatic heterocycles. The molecular formula is C10H19N3O5S. The van der Waals surface area contributed by atoms with Crippen LogP contribution in [-0.2, 0) is 14.6 Å². The first-order chi connectivity index (χ1) is 8.85. The standard InChI is InChI=1S/C10H19N3O5S/c11-3-1-4-12-10(16)13(6-9(14)15)8-2-5-19(17,18)7-8/h8H,1-7,11H2,(H,12,16)(H,14,15). The van der Waals surface area contributed by atoms with Gasteiger partial charge < -0.3 is 21.1 Å². The normalized spacial score (nSPS) is 21.0. The van der Waals surface area contributed by atoms with E-state index in [1.807, 2.05) is 0 Å². The Morgan fingerprint density at radius 1 is 1.42 bits per heavy atom. The van der Waals surface area contributed by atoms with Crippen molar-refractivity contribution in [3.8, 4) is 0 Å². The maximum atomic E-state index is 11.9. The van der Waals surface area contributed by atoms with E-state index in [-0.39, 0.29) is 17.9 Å². The van der Waals surface area contributed by atoms with Crippen molar-refractivity contribution in [2.45, 2.75) is 18.9 Å². The Balaban J connectivity index is 2.66. The van der Waals surface area contributed by atoms with Crippen molar-refractivity contribution in [3.05, 3.63) is 0 Å². The summed E-state index contributed by atoms with van der Waals surface area (Å²) < 4.78 is 22.8. The number of aliphatic carboxylic acids is 1. The fraction of sp³-hybridized carbons (Fsp3) is 0.800. The Morgan fingerprint density at radius 3 is 2.58 bits per heavy atom. The maximum Gasteiger partial charge on any atom is 0.323 e. The van der Waals surface area contributed by atoms with E-state index in [1.54, 1.807) is 0 Å². The first kappa shape index (κ1) is 15.7. The van der Waals surface area contributed by atoms with Crippen LogP contribution in [0.2, 0.25) is 0 Å². The van der Waals surface area contributed by atoms with Crippen LogP contribution in [0.4, 0.5) is 4.79 Å². The molecule has 2 amide bonds. The zero-order valence-corrected chi connectivity index (χ0v) is 11.4. The smallest absolute Gasteiger partial charge is 0.323 e. The Morgan fingerprint density at radius 2 is 2.11 bits per heavy atom. The SMILES string of the molecule is NCCCNC(=O)N(CC(=O)O)C1CCS(=O)(=O)C1. The molecule has 110 valence electrons. The molecule has 1 aliphatic heterocycles. The zero-order valence-electron chi connectivity index (χ0n) is 10.5. The molecule has 9 heteroatoms. The zero-order chi connectivity index (χ0) is 14.5. The highest BCUT2D eigenvalue weighted by Gasteiger charge is 2.35. The third-order valence-electron chi connectivity index (χ3n) is 2.87. The van der Waals surface area contributed by atoms with Gasteiger partial charge >= 0.3 is 12.0 Å². The van der Waals surface area contributed by atoms with Gasteiger partial charge in [0.05, 0.1) is 11.5 Å². The van der Waals surface area contributed by atoms with Gasteiger partial charge in [-0.25, -0.2) is 13.2 Å². The summed E-state index contributed by atoms with van der Waals surface area (Å²) in [5.41, 5.74) is 5.29. The van der Waals surface area contributed by atoms with Gasteiger partial charge in [-0.1, -0.05) is 0 Å². The van der Waals surface area contributed by atoms with Gasteiger partial charge in [0.2, 0.25) is 0 Å². The van der Waals surface area contributed by atoms with Crippen molar-refractivity contribution >= 4 is 21.8 Å². The minimum absolute atomic E-state index is 0.0101. The summed E-state index contributed by atoms with van der Waals surface area (Å²) in [5, 5.41) is 11.3. The number of rotatable bonds is 6. The summed E-state index contributed by atoms with van der Waals surface area (Å²) >= 11 is 0. The first-order valence-corrected chi connectivity index (χ1v) is 7.84. The van der Waals surface area contributed by atoms with Crippen molar-refractivity contribution in [3.63, 3.8) is 0 Å². The third kappa shape index (κ3) is 5.03. The monoisotopic (exact) mass is 293 g/mol. The molecule has 8 nitrogen and oxygen atoms in total. The van der Waals surface area contributed by atoms with E-state index in [4.69, 9.17) is 10.8 Å². The van der Waals surface area contributed by atoms with Gasteiger partial charge in [0.1, 0.15) is 6.54 Å². The van der Waals surface area contributed by atoms with Gasteiger partial charge in [0.15, 0.2) is 9.84 Å². The first-order valence-electron chi connectivity index (χ1n) is 6.02. The van der Waals surface area contributed by atoms with Crippen molar-refractivity contribution in [2.75, 3.05) is 31.1 Å². The predicted molar refractivity (Wildman–Crippen MR) is 68.5 cm³/mol. The van der Waals surface area contributed by atoms with Crippen LogP contribution in [0.5, 0.6) is 0 Å². The molecule has 19 heavy (non-hydrogen) atoms. The van der Waals surface area contributed by atoms with Gasteiger partial charge in [0.25, 0.3) is 0 Å². The number of nitrogens with zero attached hydrogens (tertiary/aromatic N) is 1. The number of carboxylic acid groups (broad SMARTS) is 1. The number of carboxylic acids is 1. The largest absolute Gasteiger partial charge is 0.480 e. The second kappa shape index (κ2) is 6.71. The number of hydrogen-bond acceptors (Lipinski definition) is 5. The lowest BCUT2D eigenvalue weighted by atomic mass is 10.2. The predicted octanol–water partition coefficient (Wildman–Crippen LogP) is -1.38. The lowest BCUT2D eigenvalue weighted by molar-refractivity contribution is -0.138. The highest BCUT2D eigenvalue weighted by molar-refractivity contribution is 7.91. The van der Waals surface area contributed by atoms with Crippen LogP contribution in [0.25, 0.3) is 0 Å². The molecule has 1 rings (SSSR count). The second-order valence-corrected chi connectivity index (χ2v) is 6.68. The van der Waals surface area contributed by atoms with Crippen molar-refractivity contribution < 1.29 is 23.1 Å². The lowest BCUT2D eigenvalue weighted by Crippen LogP contribution is -2.49. The van der Waals surface area contributed by atoms with Gasteiger partial charge in [0, 0.05) is 12.6 Å². The van der Waals surface area contributed by atoms with Crippen LogP contribution in [0.1, 0.15) is 12.8 Å². The molecule has 0 aromatic carbocycles. The van der Waals surface area contributed by atoms with E-state index in [0.29, 0.717) is 19.5 Å². The lowest BCUT2D eigenvalue weighted by Gasteiger charge is -2.26. The molecule has 0 spiro atoms. The van der Waals surface area contributed by atoms with Crippen molar-refractivity contribution in [2.24, 2.45) is 5.73 Å². The average Bonchev–Trinajstić information content (AvgIpc) is 2.66. The molecule has 1 aliphatic rings. The van der Waals surface area contributed by atoms with Gasteiger partial charge in [-0.3, -0.25) is 4.79 Å². The molecule has 0 aliphatic carbocycles. The van der Waals surface area contributed by atoms with E-state index in [9.17, 15) is 18.0 Å². The Kier molecular flexibility index (Phi) is 5.55. The summed E-state index contributed by atoms with van der Waals surface area (Å²) in [4.78, 5) is 23.7. The Hall–Kier alpha value is -1.35. The molecule has 1 saturated heterocycles. The molecule has 4 N–H and O–H groups in total. The fourth-order valence-electron chi connectivity index (χ4n) is 1.93.